The quantitative estimate of drug-likeness (QED) is 0.823. The number of hydrogen-bond acceptors (Lipinski definition) is 3. The first kappa shape index (κ1) is 14.5. The fourth-order valence-electron chi connectivity index (χ4n) is 2.32. The molecule has 1 saturated carbocycles. The van der Waals surface area contributed by atoms with Gasteiger partial charge in [-0.3, -0.25) is 20.4 Å². The molecule has 1 aromatic heterocycles. The van der Waals surface area contributed by atoms with Gasteiger partial charge in [0.25, 0.3) is 5.91 Å². The van der Waals surface area contributed by atoms with Crippen molar-refractivity contribution in [2.45, 2.75) is 38.5 Å². The van der Waals surface area contributed by atoms with Crippen LogP contribution in [0.5, 0.6) is 0 Å². The van der Waals surface area contributed by atoms with Crippen LogP contribution in [0.25, 0.3) is 0 Å². The van der Waals surface area contributed by atoms with Crippen molar-refractivity contribution in [3.8, 4) is 0 Å². The number of amides is 2. The standard InChI is InChI=1S/C13H17BrN2O2S/c14-11-7-6-10(19-11)13(18)16-15-12(17)8-5-9-3-1-2-4-9/h6-7,9H,1-5,8H2,(H,15,17)(H,16,18). The van der Waals surface area contributed by atoms with Crippen molar-refractivity contribution >= 4 is 39.1 Å². The molecule has 0 spiro atoms. The molecule has 0 saturated heterocycles. The molecule has 4 nitrogen and oxygen atoms in total. The van der Waals surface area contributed by atoms with Crippen LogP contribution < -0.4 is 10.9 Å². The van der Waals surface area contributed by atoms with Crippen molar-refractivity contribution < 1.29 is 9.59 Å². The van der Waals surface area contributed by atoms with Gasteiger partial charge in [0, 0.05) is 6.42 Å². The number of hydrogen-bond donors (Lipinski definition) is 2. The summed E-state index contributed by atoms with van der Waals surface area (Å²) >= 11 is 4.63. The van der Waals surface area contributed by atoms with E-state index in [4.69, 9.17) is 0 Å². The second kappa shape index (κ2) is 7.05. The Bertz CT molecular complexity index is 455. The summed E-state index contributed by atoms with van der Waals surface area (Å²) in [6.45, 7) is 0. The second-order valence-electron chi connectivity index (χ2n) is 4.80. The lowest BCUT2D eigenvalue weighted by molar-refractivity contribution is -0.122. The molecule has 1 fully saturated rings. The van der Waals surface area contributed by atoms with Crippen molar-refractivity contribution in [3.05, 3.63) is 20.8 Å². The first-order valence-electron chi connectivity index (χ1n) is 6.49. The number of hydrazine groups is 1. The molecule has 2 amide bonds. The first-order valence-corrected chi connectivity index (χ1v) is 8.10. The van der Waals surface area contributed by atoms with Crippen LogP contribution in [0.2, 0.25) is 0 Å². The van der Waals surface area contributed by atoms with Gasteiger partial charge in [-0.05, 0) is 40.4 Å². The minimum atomic E-state index is -0.273. The molecule has 1 aromatic rings. The van der Waals surface area contributed by atoms with Crippen molar-refractivity contribution in [3.63, 3.8) is 0 Å². The summed E-state index contributed by atoms with van der Waals surface area (Å²) < 4.78 is 0.894. The van der Waals surface area contributed by atoms with Crippen molar-refractivity contribution in [2.24, 2.45) is 5.92 Å². The van der Waals surface area contributed by atoms with Gasteiger partial charge >= 0.3 is 0 Å². The zero-order valence-electron chi connectivity index (χ0n) is 10.6. The summed E-state index contributed by atoms with van der Waals surface area (Å²) in [5, 5.41) is 0. The third-order valence-electron chi connectivity index (χ3n) is 3.37. The summed E-state index contributed by atoms with van der Waals surface area (Å²) in [6.07, 6.45) is 6.46. The Kier molecular flexibility index (Phi) is 5.39. The van der Waals surface area contributed by atoms with Gasteiger partial charge in [0.1, 0.15) is 0 Å². The number of nitrogens with one attached hydrogen (secondary N) is 2. The van der Waals surface area contributed by atoms with Crippen LogP contribution >= 0.6 is 27.3 Å². The largest absolute Gasteiger partial charge is 0.279 e. The van der Waals surface area contributed by atoms with Crippen LogP contribution in [-0.4, -0.2) is 11.8 Å². The van der Waals surface area contributed by atoms with E-state index in [1.165, 1.54) is 37.0 Å². The molecule has 0 radical (unpaired) electrons. The summed E-state index contributed by atoms with van der Waals surface area (Å²) in [4.78, 5) is 23.9. The van der Waals surface area contributed by atoms with E-state index in [0.29, 0.717) is 17.2 Å². The van der Waals surface area contributed by atoms with Gasteiger partial charge in [0.05, 0.1) is 8.66 Å². The van der Waals surface area contributed by atoms with E-state index in [1.54, 1.807) is 6.07 Å². The summed E-state index contributed by atoms with van der Waals surface area (Å²) in [7, 11) is 0. The summed E-state index contributed by atoms with van der Waals surface area (Å²) in [5.74, 6) is 0.301. The molecular formula is C13H17BrN2O2S. The van der Waals surface area contributed by atoms with E-state index in [1.807, 2.05) is 6.07 Å². The topological polar surface area (TPSA) is 58.2 Å². The summed E-state index contributed by atoms with van der Waals surface area (Å²) in [5.41, 5.74) is 4.91. The lowest BCUT2D eigenvalue weighted by Gasteiger charge is -2.09. The Hall–Kier alpha value is -0.880. The van der Waals surface area contributed by atoms with Crippen LogP contribution in [0.15, 0.2) is 15.9 Å². The summed E-state index contributed by atoms with van der Waals surface area (Å²) in [6, 6.07) is 3.52. The van der Waals surface area contributed by atoms with Crippen LogP contribution in [0.4, 0.5) is 0 Å². The molecule has 2 N–H and O–H groups in total. The second-order valence-corrected chi connectivity index (χ2v) is 7.26. The highest BCUT2D eigenvalue weighted by molar-refractivity contribution is 9.11. The van der Waals surface area contributed by atoms with Crippen LogP contribution in [0, 0.1) is 5.92 Å². The molecule has 2 rings (SSSR count). The molecule has 19 heavy (non-hydrogen) atoms. The smallest absolute Gasteiger partial charge is 0.273 e. The third-order valence-corrected chi connectivity index (χ3v) is 4.99. The van der Waals surface area contributed by atoms with Crippen LogP contribution in [-0.2, 0) is 4.79 Å². The molecule has 0 unspecified atom stereocenters. The van der Waals surface area contributed by atoms with Gasteiger partial charge in [-0.1, -0.05) is 25.7 Å². The van der Waals surface area contributed by atoms with E-state index in [2.05, 4.69) is 26.8 Å². The Morgan fingerprint density at radius 2 is 2.00 bits per heavy atom. The van der Waals surface area contributed by atoms with Gasteiger partial charge in [-0.2, -0.15) is 0 Å². The Morgan fingerprint density at radius 1 is 1.26 bits per heavy atom. The van der Waals surface area contributed by atoms with Gasteiger partial charge < -0.3 is 0 Å². The minimum absolute atomic E-state index is 0.115. The lowest BCUT2D eigenvalue weighted by Crippen LogP contribution is -2.41. The van der Waals surface area contributed by atoms with Crippen molar-refractivity contribution in [1.29, 1.82) is 0 Å². The maximum absolute atomic E-state index is 11.7. The SMILES string of the molecule is O=C(CCC1CCCC1)NNC(=O)c1ccc(Br)s1. The lowest BCUT2D eigenvalue weighted by atomic mass is 10.0. The normalized spacial score (nSPS) is 15.4. The number of carbonyl (C=O) groups excluding carboxylic acids is 2. The van der Waals surface area contributed by atoms with E-state index in [9.17, 15) is 9.59 Å². The maximum Gasteiger partial charge on any atom is 0.279 e. The van der Waals surface area contributed by atoms with E-state index >= 15 is 0 Å². The van der Waals surface area contributed by atoms with Gasteiger partial charge in [-0.15, -0.1) is 11.3 Å². The number of thiophene rings is 1. The molecule has 0 bridgehead atoms. The fourth-order valence-corrected chi connectivity index (χ4v) is 3.60. The molecule has 104 valence electrons. The molecule has 6 heteroatoms. The Labute approximate surface area is 125 Å². The predicted octanol–water partition coefficient (Wildman–Crippen LogP) is 3.24. The molecule has 0 aromatic carbocycles. The van der Waals surface area contributed by atoms with E-state index in [-0.39, 0.29) is 11.8 Å². The zero-order chi connectivity index (χ0) is 13.7. The Balaban J connectivity index is 1.66. The average Bonchev–Trinajstić information content (AvgIpc) is 3.04. The highest BCUT2D eigenvalue weighted by Gasteiger charge is 2.16. The van der Waals surface area contributed by atoms with Crippen molar-refractivity contribution in [1.82, 2.24) is 10.9 Å². The zero-order valence-corrected chi connectivity index (χ0v) is 13.0. The number of halogens is 1. The Morgan fingerprint density at radius 3 is 2.63 bits per heavy atom. The van der Waals surface area contributed by atoms with Crippen LogP contribution in [0.1, 0.15) is 48.2 Å². The monoisotopic (exact) mass is 344 g/mol. The molecular weight excluding hydrogens is 328 g/mol. The van der Waals surface area contributed by atoms with Gasteiger partial charge in [0.15, 0.2) is 0 Å². The first-order chi connectivity index (χ1) is 9.15. The highest BCUT2D eigenvalue weighted by Crippen LogP contribution is 2.28. The van der Waals surface area contributed by atoms with E-state index in [0.717, 1.165) is 10.2 Å². The van der Waals surface area contributed by atoms with Gasteiger partial charge in [0.2, 0.25) is 5.91 Å². The maximum atomic E-state index is 11.7. The van der Waals surface area contributed by atoms with Gasteiger partial charge in [-0.25, -0.2) is 0 Å². The molecule has 0 atom stereocenters. The molecule has 0 aliphatic heterocycles. The third kappa shape index (κ3) is 4.62. The average molecular weight is 345 g/mol. The fraction of sp³-hybridized carbons (Fsp3) is 0.538. The van der Waals surface area contributed by atoms with Crippen LogP contribution in [0.3, 0.4) is 0 Å². The number of rotatable bonds is 4. The number of carbonyl (C=O) groups is 2. The minimum Gasteiger partial charge on any atom is -0.273 e. The van der Waals surface area contributed by atoms with E-state index < -0.39 is 0 Å². The van der Waals surface area contributed by atoms with Crippen molar-refractivity contribution in [2.75, 3.05) is 0 Å². The molecule has 1 aliphatic carbocycles. The highest BCUT2D eigenvalue weighted by atomic mass is 79.9. The predicted molar refractivity (Wildman–Crippen MR) is 78.8 cm³/mol. The molecule has 1 heterocycles. The molecule has 1 aliphatic rings.